The molecule has 7 nitrogen and oxygen atoms in total. The van der Waals surface area contributed by atoms with E-state index < -0.39 is 12.2 Å². The predicted octanol–water partition coefficient (Wildman–Crippen LogP) is 6.27. The maximum absolute atomic E-state index is 12.4. The molecule has 0 aliphatic heterocycles. The van der Waals surface area contributed by atoms with Crippen molar-refractivity contribution in [1.29, 1.82) is 0 Å². The smallest absolute Gasteiger partial charge is 0.412 e. The maximum atomic E-state index is 12.4. The van der Waals surface area contributed by atoms with Crippen LogP contribution in [0.4, 0.5) is 10.5 Å². The molecule has 3 aromatic rings. The number of hydrogen-bond acceptors (Lipinski definition) is 6. The number of halogens is 1. The standard InChI is InChI=1S/C24H23ClN2O5/c1-16(19-8-4-5-9-20(19)25)32-24(29)26-21-15-31-27-23(21)18-13-11-17(12-14-18)7-3-6-10-22(28)30-2/h3-5,7-9,11-16H,6,10H2,1-2H3,(H,26,29). The Balaban J connectivity index is 1.61. The lowest BCUT2D eigenvalue weighted by Crippen LogP contribution is -2.16. The number of esters is 1. The summed E-state index contributed by atoms with van der Waals surface area (Å²) in [6.45, 7) is 1.74. The lowest BCUT2D eigenvalue weighted by Gasteiger charge is -2.15. The minimum Gasteiger partial charge on any atom is -0.469 e. The van der Waals surface area contributed by atoms with Crippen molar-refractivity contribution in [3.63, 3.8) is 0 Å². The first kappa shape index (κ1) is 23.1. The second-order valence-corrected chi connectivity index (χ2v) is 7.32. The van der Waals surface area contributed by atoms with Crippen molar-refractivity contribution in [1.82, 2.24) is 5.16 Å². The van der Waals surface area contributed by atoms with Gasteiger partial charge in [-0.3, -0.25) is 10.1 Å². The van der Waals surface area contributed by atoms with E-state index in [-0.39, 0.29) is 5.97 Å². The highest BCUT2D eigenvalue weighted by molar-refractivity contribution is 6.31. The fraction of sp³-hybridized carbons (Fsp3) is 0.208. The van der Waals surface area contributed by atoms with Gasteiger partial charge in [-0.2, -0.15) is 0 Å². The minimum atomic E-state index is -0.646. The first-order valence-corrected chi connectivity index (χ1v) is 10.4. The van der Waals surface area contributed by atoms with Gasteiger partial charge in [0.2, 0.25) is 0 Å². The first-order chi connectivity index (χ1) is 15.5. The van der Waals surface area contributed by atoms with Crippen LogP contribution in [0, 0.1) is 0 Å². The van der Waals surface area contributed by atoms with Gasteiger partial charge in [-0.15, -0.1) is 0 Å². The molecule has 0 radical (unpaired) electrons. The highest BCUT2D eigenvalue weighted by Crippen LogP contribution is 2.29. The number of anilines is 1. The van der Waals surface area contributed by atoms with Crippen LogP contribution in [0.15, 0.2) is 65.4 Å². The van der Waals surface area contributed by atoms with Crippen molar-refractivity contribution in [3.8, 4) is 11.3 Å². The number of aromatic nitrogens is 1. The molecule has 0 aliphatic carbocycles. The number of carbonyl (C=O) groups excluding carboxylic acids is 2. The topological polar surface area (TPSA) is 90.7 Å². The molecule has 8 heteroatoms. The third-order valence-electron chi connectivity index (χ3n) is 4.67. The molecule has 0 bridgehead atoms. The third-order valence-corrected chi connectivity index (χ3v) is 5.01. The fourth-order valence-electron chi connectivity index (χ4n) is 2.98. The van der Waals surface area contributed by atoms with Gasteiger partial charge in [0, 0.05) is 22.6 Å². The highest BCUT2D eigenvalue weighted by atomic mass is 35.5. The van der Waals surface area contributed by atoms with Gasteiger partial charge in [0.15, 0.2) is 0 Å². The molecule has 1 unspecified atom stereocenters. The Morgan fingerprint density at radius 2 is 1.94 bits per heavy atom. The van der Waals surface area contributed by atoms with Gasteiger partial charge in [0.25, 0.3) is 0 Å². The summed E-state index contributed by atoms with van der Waals surface area (Å²) >= 11 is 6.16. The molecule has 1 aromatic heterocycles. The highest BCUT2D eigenvalue weighted by Gasteiger charge is 2.18. The lowest BCUT2D eigenvalue weighted by atomic mass is 10.1. The predicted molar refractivity (Wildman–Crippen MR) is 122 cm³/mol. The van der Waals surface area contributed by atoms with E-state index in [0.29, 0.717) is 34.8 Å². The van der Waals surface area contributed by atoms with Gasteiger partial charge in [-0.05, 0) is 25.0 Å². The van der Waals surface area contributed by atoms with Crippen molar-refractivity contribution >= 4 is 35.4 Å². The number of carbonyl (C=O) groups is 2. The molecule has 3 rings (SSSR count). The van der Waals surface area contributed by atoms with Crippen molar-refractivity contribution in [2.75, 3.05) is 12.4 Å². The fourth-order valence-corrected chi connectivity index (χ4v) is 3.27. The van der Waals surface area contributed by atoms with Gasteiger partial charge in [0.1, 0.15) is 23.7 Å². The van der Waals surface area contributed by atoms with E-state index in [2.05, 4.69) is 15.2 Å². The third kappa shape index (κ3) is 6.21. The normalized spacial score (nSPS) is 11.8. The molecule has 2 aromatic carbocycles. The Morgan fingerprint density at radius 3 is 2.66 bits per heavy atom. The summed E-state index contributed by atoms with van der Waals surface area (Å²) < 4.78 is 15.1. The van der Waals surface area contributed by atoms with Crippen molar-refractivity contribution in [2.45, 2.75) is 25.9 Å². The molecule has 0 saturated carbocycles. The Morgan fingerprint density at radius 1 is 1.19 bits per heavy atom. The number of amides is 1. The van der Waals surface area contributed by atoms with Crippen LogP contribution in [-0.4, -0.2) is 24.3 Å². The average Bonchev–Trinajstić information content (AvgIpc) is 3.25. The van der Waals surface area contributed by atoms with Crippen LogP contribution in [0.5, 0.6) is 0 Å². The van der Waals surface area contributed by atoms with Gasteiger partial charge in [-0.25, -0.2) is 4.79 Å². The average molecular weight is 455 g/mol. The molecule has 0 spiro atoms. The van der Waals surface area contributed by atoms with E-state index in [1.807, 2.05) is 48.6 Å². The lowest BCUT2D eigenvalue weighted by molar-refractivity contribution is -0.140. The molecule has 0 aliphatic rings. The van der Waals surface area contributed by atoms with E-state index >= 15 is 0 Å². The minimum absolute atomic E-state index is 0.240. The summed E-state index contributed by atoms with van der Waals surface area (Å²) in [6.07, 6.45) is 4.93. The molecule has 0 saturated heterocycles. The van der Waals surface area contributed by atoms with Crippen LogP contribution in [0.1, 0.15) is 37.0 Å². The van der Waals surface area contributed by atoms with Gasteiger partial charge >= 0.3 is 12.1 Å². The zero-order chi connectivity index (χ0) is 22.9. The molecule has 166 valence electrons. The zero-order valence-corrected chi connectivity index (χ0v) is 18.5. The molecule has 1 heterocycles. The Bertz CT molecular complexity index is 1090. The number of nitrogens with zero attached hydrogens (tertiary/aromatic N) is 1. The maximum Gasteiger partial charge on any atom is 0.412 e. The van der Waals surface area contributed by atoms with Crippen molar-refractivity contribution in [3.05, 3.63) is 77.0 Å². The van der Waals surface area contributed by atoms with Crippen LogP contribution in [-0.2, 0) is 14.3 Å². The van der Waals surface area contributed by atoms with Crippen molar-refractivity contribution in [2.24, 2.45) is 0 Å². The monoisotopic (exact) mass is 454 g/mol. The quantitative estimate of drug-likeness (QED) is 0.403. The van der Waals surface area contributed by atoms with E-state index in [1.165, 1.54) is 13.4 Å². The van der Waals surface area contributed by atoms with Crippen LogP contribution >= 0.6 is 11.6 Å². The Kier molecular flexibility index (Phi) is 8.05. The Hall–Kier alpha value is -3.58. The molecular weight excluding hydrogens is 432 g/mol. The number of hydrogen-bond donors (Lipinski definition) is 1. The second kappa shape index (κ2) is 11.2. The van der Waals surface area contributed by atoms with Crippen LogP contribution in [0.3, 0.4) is 0 Å². The summed E-state index contributed by atoms with van der Waals surface area (Å²) in [5.41, 5.74) is 3.31. The number of methoxy groups -OCH3 is 1. The van der Waals surface area contributed by atoms with Crippen LogP contribution in [0.25, 0.3) is 17.3 Å². The number of nitrogens with one attached hydrogen (secondary N) is 1. The van der Waals surface area contributed by atoms with Gasteiger partial charge in [0.05, 0.1) is 7.11 Å². The molecule has 32 heavy (non-hydrogen) atoms. The van der Waals surface area contributed by atoms with Crippen LogP contribution < -0.4 is 5.32 Å². The summed E-state index contributed by atoms with van der Waals surface area (Å²) in [6, 6.07) is 14.7. The van der Waals surface area contributed by atoms with E-state index in [4.69, 9.17) is 20.9 Å². The summed E-state index contributed by atoms with van der Waals surface area (Å²) in [5, 5.41) is 7.18. The van der Waals surface area contributed by atoms with Gasteiger partial charge < -0.3 is 14.0 Å². The second-order valence-electron chi connectivity index (χ2n) is 6.91. The molecule has 1 N–H and O–H groups in total. The number of allylic oxidation sites excluding steroid dienone is 1. The van der Waals surface area contributed by atoms with Crippen molar-refractivity contribution < 1.29 is 23.6 Å². The largest absolute Gasteiger partial charge is 0.469 e. The zero-order valence-electron chi connectivity index (χ0n) is 17.7. The molecule has 1 atom stereocenters. The molecule has 1 amide bonds. The summed E-state index contributed by atoms with van der Waals surface area (Å²) in [5.74, 6) is -0.240. The first-order valence-electron chi connectivity index (χ1n) is 9.98. The summed E-state index contributed by atoms with van der Waals surface area (Å²) in [4.78, 5) is 23.5. The molecule has 0 fully saturated rings. The number of rotatable bonds is 8. The Labute approximate surface area is 191 Å². The van der Waals surface area contributed by atoms with Gasteiger partial charge in [-0.1, -0.05) is 71.4 Å². The van der Waals surface area contributed by atoms with Crippen LogP contribution in [0.2, 0.25) is 5.02 Å². The molecular formula is C24H23ClN2O5. The van der Waals surface area contributed by atoms with E-state index in [9.17, 15) is 9.59 Å². The van der Waals surface area contributed by atoms with E-state index in [1.54, 1.807) is 19.1 Å². The number of benzene rings is 2. The summed E-state index contributed by atoms with van der Waals surface area (Å²) in [7, 11) is 1.37. The SMILES string of the molecule is COC(=O)CCC=Cc1ccc(-c2nocc2NC(=O)OC(C)c2ccccc2Cl)cc1. The number of ether oxygens (including phenoxy) is 2. The van der Waals surface area contributed by atoms with E-state index in [0.717, 1.165) is 11.1 Å².